The lowest BCUT2D eigenvalue weighted by atomic mass is 9.64. The van der Waals surface area contributed by atoms with Crippen molar-refractivity contribution in [1.82, 2.24) is 15.5 Å². The normalized spacial score (nSPS) is 21.7. The second-order valence-corrected chi connectivity index (χ2v) is 7.57. The van der Waals surface area contributed by atoms with Gasteiger partial charge in [-0.3, -0.25) is 9.89 Å². The van der Waals surface area contributed by atoms with Crippen LogP contribution in [-0.4, -0.2) is 62.8 Å². The maximum Gasteiger partial charge on any atom is 0.191 e. The summed E-state index contributed by atoms with van der Waals surface area (Å²) in [4.78, 5) is 7.44. The molecule has 2 fully saturated rings. The average molecular weight is 359 g/mol. The fraction of sp³-hybridized carbons (Fsp3) is 0.667. The van der Waals surface area contributed by atoms with Crippen molar-refractivity contribution in [2.24, 2.45) is 4.99 Å². The Morgan fingerprint density at radius 1 is 1.19 bits per heavy atom. The first-order valence-corrected chi connectivity index (χ1v) is 10.1. The standard InChI is InChI=1S/C21H34N4O/c1-3-22-20(23-16-18(2)25-12-14-26-15-13-25)24-17-21(10-7-11-21)19-8-5-4-6-9-19/h4-6,8-9,18H,3,7,10-17H2,1-2H3,(H2,22,23,24). The lowest BCUT2D eigenvalue weighted by Crippen LogP contribution is -2.49. The highest BCUT2D eigenvalue weighted by Gasteiger charge is 2.38. The van der Waals surface area contributed by atoms with Crippen LogP contribution in [0.4, 0.5) is 0 Å². The van der Waals surface area contributed by atoms with Crippen LogP contribution < -0.4 is 10.6 Å². The van der Waals surface area contributed by atoms with Gasteiger partial charge in [0.05, 0.1) is 19.8 Å². The molecule has 1 aliphatic heterocycles. The van der Waals surface area contributed by atoms with Crippen molar-refractivity contribution >= 4 is 5.96 Å². The van der Waals surface area contributed by atoms with Crippen molar-refractivity contribution in [1.29, 1.82) is 0 Å². The first-order valence-electron chi connectivity index (χ1n) is 10.1. The van der Waals surface area contributed by atoms with Crippen molar-refractivity contribution in [3.63, 3.8) is 0 Å². The molecule has 1 unspecified atom stereocenters. The minimum absolute atomic E-state index is 0.236. The Bertz CT molecular complexity index is 565. The number of morpholine rings is 1. The summed E-state index contributed by atoms with van der Waals surface area (Å²) in [7, 11) is 0. The molecule has 144 valence electrons. The Morgan fingerprint density at radius 3 is 2.54 bits per heavy atom. The van der Waals surface area contributed by atoms with Crippen LogP contribution in [-0.2, 0) is 10.2 Å². The van der Waals surface area contributed by atoms with E-state index in [2.05, 4.69) is 59.7 Å². The van der Waals surface area contributed by atoms with E-state index in [1.807, 2.05) is 0 Å². The van der Waals surface area contributed by atoms with Gasteiger partial charge in [0, 0.05) is 37.6 Å². The molecule has 5 heteroatoms. The number of rotatable bonds is 7. The van der Waals surface area contributed by atoms with Crippen LogP contribution >= 0.6 is 0 Å². The van der Waals surface area contributed by atoms with E-state index in [1.54, 1.807) is 0 Å². The summed E-state index contributed by atoms with van der Waals surface area (Å²) < 4.78 is 5.45. The van der Waals surface area contributed by atoms with Gasteiger partial charge in [-0.05, 0) is 32.3 Å². The quantitative estimate of drug-likeness (QED) is 0.580. The van der Waals surface area contributed by atoms with Gasteiger partial charge in [-0.25, -0.2) is 0 Å². The van der Waals surface area contributed by atoms with Gasteiger partial charge in [-0.2, -0.15) is 0 Å². The lowest BCUT2D eigenvalue weighted by molar-refractivity contribution is 0.0211. The van der Waals surface area contributed by atoms with E-state index in [9.17, 15) is 0 Å². The van der Waals surface area contributed by atoms with Gasteiger partial charge in [0.15, 0.2) is 5.96 Å². The zero-order chi connectivity index (χ0) is 18.2. The van der Waals surface area contributed by atoms with E-state index in [1.165, 1.54) is 24.8 Å². The number of hydrogen-bond donors (Lipinski definition) is 2. The number of nitrogens with zero attached hydrogens (tertiary/aromatic N) is 2. The highest BCUT2D eigenvalue weighted by molar-refractivity contribution is 5.79. The molecule has 5 nitrogen and oxygen atoms in total. The Kier molecular flexibility index (Phi) is 6.92. The third kappa shape index (κ3) is 4.77. The molecule has 1 aromatic carbocycles. The molecule has 2 aliphatic rings. The third-order valence-corrected chi connectivity index (χ3v) is 5.81. The van der Waals surface area contributed by atoms with Gasteiger partial charge < -0.3 is 15.4 Å². The van der Waals surface area contributed by atoms with Crippen molar-refractivity contribution in [2.45, 2.75) is 44.6 Å². The zero-order valence-electron chi connectivity index (χ0n) is 16.3. The van der Waals surface area contributed by atoms with Gasteiger partial charge in [-0.1, -0.05) is 36.8 Å². The molecular weight excluding hydrogens is 324 g/mol. The van der Waals surface area contributed by atoms with Crippen molar-refractivity contribution in [3.05, 3.63) is 35.9 Å². The highest BCUT2D eigenvalue weighted by atomic mass is 16.5. The summed E-state index contributed by atoms with van der Waals surface area (Å²) in [6, 6.07) is 11.4. The number of aliphatic imine (C=N–C) groups is 1. The minimum Gasteiger partial charge on any atom is -0.379 e. The molecular formula is C21H34N4O. The highest BCUT2D eigenvalue weighted by Crippen LogP contribution is 2.43. The molecule has 1 saturated heterocycles. The molecule has 1 aromatic rings. The van der Waals surface area contributed by atoms with Gasteiger partial charge in [0.25, 0.3) is 0 Å². The van der Waals surface area contributed by atoms with Crippen LogP contribution in [0.1, 0.15) is 38.7 Å². The van der Waals surface area contributed by atoms with Crippen LogP contribution in [0.15, 0.2) is 35.3 Å². The zero-order valence-corrected chi connectivity index (χ0v) is 16.3. The molecule has 1 aliphatic carbocycles. The first kappa shape index (κ1) is 19.2. The lowest BCUT2D eigenvalue weighted by Gasteiger charge is -2.41. The third-order valence-electron chi connectivity index (χ3n) is 5.81. The van der Waals surface area contributed by atoms with Gasteiger partial charge in [0.2, 0.25) is 0 Å². The predicted octanol–water partition coefficient (Wildman–Crippen LogP) is 2.38. The molecule has 1 saturated carbocycles. The van der Waals surface area contributed by atoms with Gasteiger partial charge >= 0.3 is 0 Å². The Hall–Kier alpha value is -1.59. The number of nitrogens with one attached hydrogen (secondary N) is 2. The molecule has 1 heterocycles. The summed E-state index contributed by atoms with van der Waals surface area (Å²) in [5.74, 6) is 0.940. The average Bonchev–Trinajstić information content (AvgIpc) is 2.66. The number of hydrogen-bond acceptors (Lipinski definition) is 3. The summed E-state index contributed by atoms with van der Waals surface area (Å²) in [6.07, 6.45) is 3.79. The summed E-state index contributed by atoms with van der Waals surface area (Å²) in [6.45, 7) is 10.8. The topological polar surface area (TPSA) is 48.9 Å². The second-order valence-electron chi connectivity index (χ2n) is 7.57. The van der Waals surface area contributed by atoms with E-state index in [4.69, 9.17) is 9.73 Å². The van der Waals surface area contributed by atoms with Crippen molar-refractivity contribution in [3.8, 4) is 0 Å². The van der Waals surface area contributed by atoms with Crippen LogP contribution in [0, 0.1) is 0 Å². The maximum atomic E-state index is 5.45. The Balaban J connectivity index is 1.58. The summed E-state index contributed by atoms with van der Waals surface area (Å²) >= 11 is 0. The minimum atomic E-state index is 0.236. The summed E-state index contributed by atoms with van der Waals surface area (Å²) in [5.41, 5.74) is 1.67. The second kappa shape index (κ2) is 9.38. The molecule has 2 N–H and O–H groups in total. The summed E-state index contributed by atoms with van der Waals surface area (Å²) in [5, 5.41) is 6.96. The molecule has 1 atom stereocenters. The molecule has 3 rings (SSSR count). The molecule has 0 spiro atoms. The fourth-order valence-corrected chi connectivity index (χ4v) is 3.90. The molecule has 0 aromatic heterocycles. The molecule has 26 heavy (non-hydrogen) atoms. The molecule has 0 radical (unpaired) electrons. The van der Waals surface area contributed by atoms with Crippen molar-refractivity contribution in [2.75, 3.05) is 45.9 Å². The Labute approximate surface area is 158 Å². The van der Waals surface area contributed by atoms with Crippen molar-refractivity contribution < 1.29 is 4.74 Å². The van der Waals surface area contributed by atoms with Gasteiger partial charge in [-0.15, -0.1) is 0 Å². The molecule has 0 bridgehead atoms. The smallest absolute Gasteiger partial charge is 0.191 e. The number of guanidine groups is 1. The predicted molar refractivity (Wildman–Crippen MR) is 108 cm³/mol. The number of benzene rings is 1. The first-order chi connectivity index (χ1) is 12.7. The van der Waals surface area contributed by atoms with E-state index in [0.717, 1.165) is 51.9 Å². The van der Waals surface area contributed by atoms with Gasteiger partial charge in [0.1, 0.15) is 0 Å². The van der Waals surface area contributed by atoms with E-state index in [-0.39, 0.29) is 5.41 Å². The van der Waals surface area contributed by atoms with E-state index < -0.39 is 0 Å². The van der Waals surface area contributed by atoms with Crippen LogP contribution in [0.2, 0.25) is 0 Å². The molecule has 0 amide bonds. The Morgan fingerprint density at radius 2 is 1.92 bits per heavy atom. The SMILES string of the molecule is CCNC(=NCC1(c2ccccc2)CCC1)NCC(C)N1CCOCC1. The van der Waals surface area contributed by atoms with Crippen LogP contribution in [0.5, 0.6) is 0 Å². The van der Waals surface area contributed by atoms with Crippen LogP contribution in [0.3, 0.4) is 0 Å². The monoisotopic (exact) mass is 358 g/mol. The van der Waals surface area contributed by atoms with Crippen LogP contribution in [0.25, 0.3) is 0 Å². The number of ether oxygens (including phenoxy) is 1. The van der Waals surface area contributed by atoms with E-state index >= 15 is 0 Å². The largest absolute Gasteiger partial charge is 0.379 e. The maximum absolute atomic E-state index is 5.45. The van der Waals surface area contributed by atoms with E-state index in [0.29, 0.717) is 6.04 Å². The fourth-order valence-electron chi connectivity index (χ4n) is 3.90.